The lowest BCUT2D eigenvalue weighted by Gasteiger charge is -1.97. The number of rotatable bonds is 3. The Hall–Kier alpha value is -0.440. The van der Waals surface area contributed by atoms with E-state index in [-0.39, 0.29) is 0 Å². The van der Waals surface area contributed by atoms with Crippen LogP contribution in [0.25, 0.3) is 0 Å². The summed E-state index contributed by atoms with van der Waals surface area (Å²) in [5, 5.41) is 7.10. The van der Waals surface area contributed by atoms with Crippen molar-refractivity contribution in [3.63, 3.8) is 0 Å². The average Bonchev–Trinajstić information content (AvgIpc) is 2.29. The van der Waals surface area contributed by atoms with Gasteiger partial charge in [0.25, 0.3) is 0 Å². The van der Waals surface area contributed by atoms with Crippen molar-refractivity contribution in [2.75, 3.05) is 5.75 Å². The SMILES string of the molecule is CCCSc1c(C)n[nH]c1C. The number of aryl methyl sites for hydroxylation is 2. The van der Waals surface area contributed by atoms with Gasteiger partial charge in [0.1, 0.15) is 0 Å². The minimum absolute atomic E-state index is 1.13. The molecule has 0 fully saturated rings. The number of nitrogens with zero attached hydrogens (tertiary/aromatic N) is 1. The average molecular weight is 170 g/mol. The zero-order chi connectivity index (χ0) is 8.27. The van der Waals surface area contributed by atoms with Crippen LogP contribution in [0.1, 0.15) is 24.7 Å². The molecular formula is C8H14N2S. The topological polar surface area (TPSA) is 28.7 Å². The normalized spacial score (nSPS) is 10.5. The van der Waals surface area contributed by atoms with Gasteiger partial charge in [-0.05, 0) is 26.0 Å². The Labute approximate surface area is 71.8 Å². The fourth-order valence-electron chi connectivity index (χ4n) is 0.957. The van der Waals surface area contributed by atoms with Crippen molar-refractivity contribution in [2.24, 2.45) is 0 Å². The van der Waals surface area contributed by atoms with E-state index in [1.165, 1.54) is 22.8 Å². The summed E-state index contributed by atoms with van der Waals surface area (Å²) in [6, 6.07) is 0. The number of hydrogen-bond donors (Lipinski definition) is 1. The van der Waals surface area contributed by atoms with Crippen molar-refractivity contribution in [2.45, 2.75) is 32.1 Å². The molecule has 0 unspecified atom stereocenters. The highest BCUT2D eigenvalue weighted by Gasteiger charge is 2.04. The predicted molar refractivity (Wildman–Crippen MR) is 49.1 cm³/mol. The quantitative estimate of drug-likeness (QED) is 0.706. The van der Waals surface area contributed by atoms with E-state index in [4.69, 9.17) is 0 Å². The van der Waals surface area contributed by atoms with Gasteiger partial charge in [0.2, 0.25) is 0 Å². The lowest BCUT2D eigenvalue weighted by atomic mass is 10.4. The molecule has 0 bridgehead atoms. The molecule has 3 heteroatoms. The van der Waals surface area contributed by atoms with Gasteiger partial charge in [-0.1, -0.05) is 6.92 Å². The Kier molecular flexibility index (Phi) is 3.00. The van der Waals surface area contributed by atoms with Crippen molar-refractivity contribution >= 4 is 11.8 Å². The molecule has 11 heavy (non-hydrogen) atoms. The molecule has 0 aliphatic heterocycles. The summed E-state index contributed by atoms with van der Waals surface area (Å²) >= 11 is 1.89. The number of thioether (sulfide) groups is 1. The Bertz CT molecular complexity index is 210. The van der Waals surface area contributed by atoms with Gasteiger partial charge in [-0.2, -0.15) is 5.10 Å². The van der Waals surface area contributed by atoms with Crippen molar-refractivity contribution in [1.82, 2.24) is 10.2 Å². The van der Waals surface area contributed by atoms with Gasteiger partial charge < -0.3 is 0 Å². The molecule has 1 aromatic rings. The van der Waals surface area contributed by atoms with Crippen LogP contribution in [-0.2, 0) is 0 Å². The molecular weight excluding hydrogens is 156 g/mol. The van der Waals surface area contributed by atoms with Crippen LogP contribution >= 0.6 is 11.8 Å². The molecule has 0 aliphatic rings. The largest absolute Gasteiger partial charge is 0.281 e. The molecule has 0 radical (unpaired) electrons. The van der Waals surface area contributed by atoms with Gasteiger partial charge in [0, 0.05) is 5.69 Å². The first kappa shape index (κ1) is 8.65. The first-order chi connectivity index (χ1) is 5.25. The summed E-state index contributed by atoms with van der Waals surface area (Å²) in [6.07, 6.45) is 1.22. The highest BCUT2D eigenvalue weighted by Crippen LogP contribution is 2.24. The Morgan fingerprint density at radius 1 is 1.45 bits per heavy atom. The minimum atomic E-state index is 1.13. The van der Waals surface area contributed by atoms with Gasteiger partial charge in [0.15, 0.2) is 0 Å². The van der Waals surface area contributed by atoms with Crippen molar-refractivity contribution in [3.8, 4) is 0 Å². The molecule has 0 saturated carbocycles. The summed E-state index contributed by atoms with van der Waals surface area (Å²) in [6.45, 7) is 6.30. The Balaban J connectivity index is 2.67. The second-order valence-corrected chi connectivity index (χ2v) is 3.72. The number of aromatic amines is 1. The number of aromatic nitrogens is 2. The van der Waals surface area contributed by atoms with Crippen molar-refractivity contribution in [1.29, 1.82) is 0 Å². The molecule has 0 saturated heterocycles. The number of hydrogen-bond acceptors (Lipinski definition) is 2. The number of nitrogens with one attached hydrogen (secondary N) is 1. The van der Waals surface area contributed by atoms with Crippen LogP contribution in [0.15, 0.2) is 4.90 Å². The molecule has 1 N–H and O–H groups in total. The maximum atomic E-state index is 4.12. The first-order valence-corrected chi connectivity index (χ1v) is 4.88. The van der Waals surface area contributed by atoms with Crippen LogP contribution in [0.4, 0.5) is 0 Å². The highest BCUT2D eigenvalue weighted by molar-refractivity contribution is 7.99. The molecule has 0 atom stereocenters. The predicted octanol–water partition coefficient (Wildman–Crippen LogP) is 2.53. The second kappa shape index (κ2) is 3.81. The fourth-order valence-corrected chi connectivity index (χ4v) is 1.88. The van der Waals surface area contributed by atoms with Gasteiger partial charge in [-0.3, -0.25) is 5.10 Å². The monoisotopic (exact) mass is 170 g/mol. The van der Waals surface area contributed by atoms with E-state index in [1.807, 2.05) is 18.7 Å². The van der Waals surface area contributed by atoms with E-state index < -0.39 is 0 Å². The third-order valence-corrected chi connectivity index (χ3v) is 3.01. The molecule has 2 nitrogen and oxygen atoms in total. The lowest BCUT2D eigenvalue weighted by Crippen LogP contribution is -1.79. The second-order valence-electron chi connectivity index (χ2n) is 2.61. The van der Waals surface area contributed by atoms with Crippen molar-refractivity contribution in [3.05, 3.63) is 11.4 Å². The third kappa shape index (κ3) is 1.99. The fraction of sp³-hybridized carbons (Fsp3) is 0.625. The molecule has 1 aromatic heterocycles. The molecule has 1 rings (SSSR count). The summed E-state index contributed by atoms with van der Waals surface area (Å²) in [5.41, 5.74) is 2.32. The summed E-state index contributed by atoms with van der Waals surface area (Å²) in [4.78, 5) is 1.33. The first-order valence-electron chi connectivity index (χ1n) is 3.90. The Morgan fingerprint density at radius 3 is 2.64 bits per heavy atom. The van der Waals surface area contributed by atoms with Crippen LogP contribution in [0.3, 0.4) is 0 Å². The van der Waals surface area contributed by atoms with E-state index in [0.29, 0.717) is 0 Å². The molecule has 0 amide bonds. The van der Waals surface area contributed by atoms with Gasteiger partial charge >= 0.3 is 0 Å². The van der Waals surface area contributed by atoms with Crippen molar-refractivity contribution < 1.29 is 0 Å². The van der Waals surface area contributed by atoms with E-state index in [2.05, 4.69) is 24.0 Å². The van der Waals surface area contributed by atoms with E-state index in [9.17, 15) is 0 Å². The lowest BCUT2D eigenvalue weighted by molar-refractivity contribution is 1.02. The molecule has 0 aliphatic carbocycles. The third-order valence-electron chi connectivity index (χ3n) is 1.51. The van der Waals surface area contributed by atoms with Crippen LogP contribution in [0.5, 0.6) is 0 Å². The number of H-pyrrole nitrogens is 1. The van der Waals surface area contributed by atoms with Crippen LogP contribution in [0.2, 0.25) is 0 Å². The van der Waals surface area contributed by atoms with Gasteiger partial charge in [0.05, 0.1) is 10.6 Å². The molecule has 62 valence electrons. The maximum Gasteiger partial charge on any atom is 0.0729 e. The van der Waals surface area contributed by atoms with E-state index in [0.717, 1.165) is 5.69 Å². The minimum Gasteiger partial charge on any atom is -0.281 e. The molecule has 1 heterocycles. The van der Waals surface area contributed by atoms with Gasteiger partial charge in [-0.15, -0.1) is 11.8 Å². The summed E-state index contributed by atoms with van der Waals surface area (Å²) in [7, 11) is 0. The summed E-state index contributed by atoms with van der Waals surface area (Å²) in [5.74, 6) is 1.18. The smallest absolute Gasteiger partial charge is 0.0729 e. The van der Waals surface area contributed by atoms with Crippen LogP contribution in [0, 0.1) is 13.8 Å². The molecule has 0 spiro atoms. The summed E-state index contributed by atoms with van der Waals surface area (Å²) < 4.78 is 0. The standard InChI is InChI=1S/C8H14N2S/c1-4-5-11-8-6(2)9-10-7(8)3/h4-5H2,1-3H3,(H,9,10). The van der Waals surface area contributed by atoms with Crippen LogP contribution in [-0.4, -0.2) is 16.0 Å². The van der Waals surface area contributed by atoms with E-state index >= 15 is 0 Å². The van der Waals surface area contributed by atoms with Gasteiger partial charge in [-0.25, -0.2) is 0 Å². The maximum absolute atomic E-state index is 4.12. The highest BCUT2D eigenvalue weighted by atomic mass is 32.2. The van der Waals surface area contributed by atoms with E-state index in [1.54, 1.807) is 0 Å². The zero-order valence-electron chi connectivity index (χ0n) is 7.27. The van der Waals surface area contributed by atoms with Crippen LogP contribution < -0.4 is 0 Å². The Morgan fingerprint density at radius 2 is 2.18 bits per heavy atom. The molecule has 0 aromatic carbocycles. The zero-order valence-corrected chi connectivity index (χ0v) is 8.09.